The molecule has 3 unspecified atom stereocenters. The van der Waals surface area contributed by atoms with Crippen molar-refractivity contribution in [2.45, 2.75) is 71.3 Å². The van der Waals surface area contributed by atoms with Crippen molar-refractivity contribution in [2.24, 2.45) is 23.5 Å². The molecular formula is C17H34N2. The zero-order chi connectivity index (χ0) is 13.9. The Hall–Kier alpha value is -0.0800. The molecule has 0 aromatic carbocycles. The quantitative estimate of drug-likeness (QED) is 0.845. The van der Waals surface area contributed by atoms with Gasteiger partial charge in [0.15, 0.2) is 0 Å². The third-order valence-electron chi connectivity index (χ3n) is 6.11. The van der Waals surface area contributed by atoms with Gasteiger partial charge in [-0.25, -0.2) is 0 Å². The minimum absolute atomic E-state index is 0.324. The molecule has 1 saturated heterocycles. The first kappa shape index (κ1) is 15.3. The van der Waals surface area contributed by atoms with Crippen molar-refractivity contribution < 1.29 is 0 Å². The molecule has 2 heteroatoms. The van der Waals surface area contributed by atoms with Crippen molar-refractivity contribution in [3.05, 3.63) is 0 Å². The van der Waals surface area contributed by atoms with Gasteiger partial charge in [0, 0.05) is 12.1 Å². The normalized spacial score (nSPS) is 38.4. The van der Waals surface area contributed by atoms with E-state index in [9.17, 15) is 0 Å². The average Bonchev–Trinajstić information content (AvgIpc) is 2.66. The molecule has 3 atom stereocenters. The molecular weight excluding hydrogens is 232 g/mol. The van der Waals surface area contributed by atoms with E-state index < -0.39 is 0 Å². The number of hydrogen-bond donors (Lipinski definition) is 1. The Kier molecular flexibility index (Phi) is 5.30. The SMILES string of the molecule is CC(C)C1CCCN(C2(CN)CCCCC2C)CC1. The van der Waals surface area contributed by atoms with Crippen molar-refractivity contribution in [1.82, 2.24) is 4.90 Å². The van der Waals surface area contributed by atoms with Gasteiger partial charge < -0.3 is 5.73 Å². The Morgan fingerprint density at radius 1 is 1.11 bits per heavy atom. The lowest BCUT2D eigenvalue weighted by Gasteiger charge is -2.50. The third-order valence-corrected chi connectivity index (χ3v) is 6.11. The van der Waals surface area contributed by atoms with E-state index in [1.54, 1.807) is 0 Å². The highest BCUT2D eigenvalue weighted by atomic mass is 15.2. The second-order valence-corrected chi connectivity index (χ2v) is 7.38. The van der Waals surface area contributed by atoms with Crippen LogP contribution in [0.25, 0.3) is 0 Å². The van der Waals surface area contributed by atoms with Crippen LogP contribution in [-0.2, 0) is 0 Å². The van der Waals surface area contributed by atoms with Crippen LogP contribution in [0, 0.1) is 17.8 Å². The van der Waals surface area contributed by atoms with Gasteiger partial charge in [0.25, 0.3) is 0 Å². The van der Waals surface area contributed by atoms with E-state index in [4.69, 9.17) is 5.73 Å². The van der Waals surface area contributed by atoms with E-state index in [1.165, 1.54) is 58.0 Å². The van der Waals surface area contributed by atoms with Gasteiger partial charge in [-0.2, -0.15) is 0 Å². The Morgan fingerprint density at radius 2 is 1.89 bits per heavy atom. The summed E-state index contributed by atoms with van der Waals surface area (Å²) in [7, 11) is 0. The minimum Gasteiger partial charge on any atom is -0.329 e. The molecule has 112 valence electrons. The molecule has 0 aromatic heterocycles. The van der Waals surface area contributed by atoms with E-state index in [0.717, 1.165) is 24.3 Å². The highest BCUT2D eigenvalue weighted by molar-refractivity contribution is 4.99. The smallest absolute Gasteiger partial charge is 0.0357 e. The highest BCUT2D eigenvalue weighted by Crippen LogP contribution is 2.39. The molecule has 0 amide bonds. The van der Waals surface area contributed by atoms with Gasteiger partial charge in [-0.3, -0.25) is 4.90 Å². The largest absolute Gasteiger partial charge is 0.329 e. The van der Waals surface area contributed by atoms with Crippen molar-refractivity contribution in [3.63, 3.8) is 0 Å². The van der Waals surface area contributed by atoms with E-state index in [-0.39, 0.29) is 0 Å². The molecule has 1 saturated carbocycles. The van der Waals surface area contributed by atoms with Gasteiger partial charge in [-0.05, 0) is 62.9 Å². The van der Waals surface area contributed by atoms with Gasteiger partial charge in [-0.1, -0.05) is 33.6 Å². The first-order valence-corrected chi connectivity index (χ1v) is 8.55. The van der Waals surface area contributed by atoms with Gasteiger partial charge in [0.1, 0.15) is 0 Å². The molecule has 1 aliphatic heterocycles. The Bertz CT molecular complexity index is 276. The molecule has 1 aliphatic carbocycles. The minimum atomic E-state index is 0.324. The fraction of sp³-hybridized carbons (Fsp3) is 1.00. The predicted octanol–water partition coefficient (Wildman–Crippen LogP) is 3.65. The molecule has 2 aliphatic rings. The lowest BCUT2D eigenvalue weighted by molar-refractivity contribution is 0.0145. The van der Waals surface area contributed by atoms with Crippen molar-refractivity contribution in [1.29, 1.82) is 0 Å². The highest BCUT2D eigenvalue weighted by Gasteiger charge is 2.42. The van der Waals surface area contributed by atoms with Crippen LogP contribution in [0.15, 0.2) is 0 Å². The molecule has 2 rings (SSSR count). The fourth-order valence-electron chi connectivity index (χ4n) is 4.53. The van der Waals surface area contributed by atoms with Crippen LogP contribution in [0.3, 0.4) is 0 Å². The summed E-state index contributed by atoms with van der Waals surface area (Å²) >= 11 is 0. The first-order chi connectivity index (χ1) is 9.10. The molecule has 0 radical (unpaired) electrons. The molecule has 0 bridgehead atoms. The molecule has 2 nitrogen and oxygen atoms in total. The standard InChI is InChI=1S/C17H34N2/c1-14(2)16-8-6-11-19(12-9-16)17(13-18)10-5-4-7-15(17)3/h14-16H,4-13,18H2,1-3H3. The molecule has 0 aromatic rings. The van der Waals surface area contributed by atoms with Crippen LogP contribution < -0.4 is 5.73 Å². The van der Waals surface area contributed by atoms with Crippen LogP contribution in [0.4, 0.5) is 0 Å². The maximum atomic E-state index is 6.26. The molecule has 0 spiro atoms. The Balaban J connectivity index is 2.06. The number of likely N-dealkylation sites (tertiary alicyclic amines) is 1. The second kappa shape index (κ2) is 6.58. The van der Waals surface area contributed by atoms with Gasteiger partial charge >= 0.3 is 0 Å². The van der Waals surface area contributed by atoms with Crippen LogP contribution in [0.2, 0.25) is 0 Å². The van der Waals surface area contributed by atoms with Crippen LogP contribution in [0.1, 0.15) is 65.7 Å². The maximum Gasteiger partial charge on any atom is 0.0357 e. The van der Waals surface area contributed by atoms with Crippen molar-refractivity contribution in [2.75, 3.05) is 19.6 Å². The topological polar surface area (TPSA) is 29.3 Å². The lowest BCUT2D eigenvalue weighted by Crippen LogP contribution is -2.59. The number of nitrogens with two attached hydrogens (primary N) is 1. The van der Waals surface area contributed by atoms with Crippen molar-refractivity contribution in [3.8, 4) is 0 Å². The van der Waals surface area contributed by atoms with E-state index in [0.29, 0.717) is 5.54 Å². The van der Waals surface area contributed by atoms with E-state index in [2.05, 4.69) is 25.7 Å². The van der Waals surface area contributed by atoms with E-state index >= 15 is 0 Å². The van der Waals surface area contributed by atoms with Gasteiger partial charge in [0.05, 0.1) is 0 Å². The summed E-state index contributed by atoms with van der Waals surface area (Å²) in [6.45, 7) is 10.6. The second-order valence-electron chi connectivity index (χ2n) is 7.38. The summed E-state index contributed by atoms with van der Waals surface area (Å²) < 4.78 is 0. The fourth-order valence-corrected chi connectivity index (χ4v) is 4.53. The average molecular weight is 266 g/mol. The zero-order valence-electron chi connectivity index (χ0n) is 13.3. The van der Waals surface area contributed by atoms with Gasteiger partial charge in [-0.15, -0.1) is 0 Å². The van der Waals surface area contributed by atoms with Gasteiger partial charge in [0.2, 0.25) is 0 Å². The zero-order valence-corrected chi connectivity index (χ0v) is 13.3. The first-order valence-electron chi connectivity index (χ1n) is 8.55. The molecule has 2 N–H and O–H groups in total. The lowest BCUT2D eigenvalue weighted by atomic mass is 9.72. The number of hydrogen-bond acceptors (Lipinski definition) is 2. The molecule has 1 heterocycles. The maximum absolute atomic E-state index is 6.26. The number of nitrogens with zero attached hydrogens (tertiary/aromatic N) is 1. The monoisotopic (exact) mass is 266 g/mol. The summed E-state index contributed by atoms with van der Waals surface area (Å²) in [6.07, 6.45) is 9.67. The number of rotatable bonds is 3. The van der Waals surface area contributed by atoms with Crippen LogP contribution in [0.5, 0.6) is 0 Å². The van der Waals surface area contributed by atoms with Crippen LogP contribution in [-0.4, -0.2) is 30.1 Å². The summed E-state index contributed by atoms with van der Waals surface area (Å²) in [5.41, 5.74) is 6.59. The van der Waals surface area contributed by atoms with Crippen LogP contribution >= 0.6 is 0 Å². The predicted molar refractivity (Wildman–Crippen MR) is 83.2 cm³/mol. The Labute approximate surface area is 120 Å². The molecule has 2 fully saturated rings. The summed E-state index contributed by atoms with van der Waals surface area (Å²) in [4.78, 5) is 2.79. The third kappa shape index (κ3) is 3.16. The Morgan fingerprint density at radius 3 is 2.53 bits per heavy atom. The van der Waals surface area contributed by atoms with Crippen molar-refractivity contribution >= 4 is 0 Å². The summed E-state index contributed by atoms with van der Waals surface area (Å²) in [5, 5.41) is 0. The summed E-state index contributed by atoms with van der Waals surface area (Å²) in [5.74, 6) is 2.55. The molecule has 19 heavy (non-hydrogen) atoms. The van der Waals surface area contributed by atoms with E-state index in [1.807, 2.05) is 0 Å². The summed E-state index contributed by atoms with van der Waals surface area (Å²) in [6, 6.07) is 0.